The van der Waals surface area contributed by atoms with E-state index >= 15 is 0 Å². The molecule has 3 heterocycles. The average Bonchev–Trinajstić information content (AvgIpc) is 3.54. The Morgan fingerprint density at radius 1 is 0.973 bits per heavy atom. The second-order valence-corrected chi connectivity index (χ2v) is 9.22. The Kier molecular flexibility index (Phi) is 7.60. The molecule has 190 valence electrons. The number of hydrogen-bond acceptors (Lipinski definition) is 5. The van der Waals surface area contributed by atoms with Crippen LogP contribution in [0.1, 0.15) is 23.5 Å². The van der Waals surface area contributed by atoms with E-state index in [0.29, 0.717) is 29.1 Å². The molecule has 1 fully saturated rings. The van der Waals surface area contributed by atoms with E-state index in [9.17, 15) is 0 Å². The third-order valence-electron chi connectivity index (χ3n) is 6.26. The van der Waals surface area contributed by atoms with Crippen molar-refractivity contribution in [3.63, 3.8) is 0 Å². The van der Waals surface area contributed by atoms with Crippen LogP contribution >= 0.6 is 23.8 Å². The minimum absolute atomic E-state index is 0.200. The van der Waals surface area contributed by atoms with Gasteiger partial charge in [0.05, 0.1) is 36.2 Å². The summed E-state index contributed by atoms with van der Waals surface area (Å²) in [4.78, 5) is 6.74. The quantitative estimate of drug-likeness (QED) is 0.217. The SMILES string of the molecule is COCCOc1ccc(N2C(=S)NC(c3ccccn3)C2c2cccn2-c2ccccc2OC)cc1Cl. The highest BCUT2D eigenvalue weighted by Crippen LogP contribution is 2.44. The maximum absolute atomic E-state index is 6.64. The fourth-order valence-corrected chi connectivity index (χ4v) is 5.18. The molecule has 0 aliphatic carbocycles. The highest BCUT2D eigenvalue weighted by Gasteiger charge is 2.42. The average molecular weight is 535 g/mol. The lowest BCUT2D eigenvalue weighted by Gasteiger charge is -2.29. The van der Waals surface area contributed by atoms with Gasteiger partial charge in [0.25, 0.3) is 0 Å². The van der Waals surface area contributed by atoms with Gasteiger partial charge >= 0.3 is 0 Å². The number of ether oxygens (including phenoxy) is 3. The molecule has 9 heteroatoms. The van der Waals surface area contributed by atoms with Crippen molar-refractivity contribution in [1.82, 2.24) is 14.9 Å². The maximum atomic E-state index is 6.64. The summed E-state index contributed by atoms with van der Waals surface area (Å²) in [5.41, 5.74) is 3.68. The van der Waals surface area contributed by atoms with E-state index in [1.54, 1.807) is 20.4 Å². The van der Waals surface area contributed by atoms with Crippen molar-refractivity contribution in [2.24, 2.45) is 0 Å². The molecule has 1 saturated heterocycles. The van der Waals surface area contributed by atoms with Gasteiger partial charge in [0.2, 0.25) is 0 Å². The minimum Gasteiger partial charge on any atom is -0.495 e. The molecule has 1 aliphatic heterocycles. The van der Waals surface area contributed by atoms with E-state index in [4.69, 9.17) is 38.0 Å². The maximum Gasteiger partial charge on any atom is 0.174 e. The molecular weight excluding hydrogens is 508 g/mol. The molecule has 0 saturated carbocycles. The lowest BCUT2D eigenvalue weighted by molar-refractivity contribution is 0.146. The van der Waals surface area contributed by atoms with Gasteiger partial charge in [-0.3, -0.25) is 4.98 Å². The molecule has 5 rings (SSSR count). The highest BCUT2D eigenvalue weighted by atomic mass is 35.5. The number of rotatable bonds is 9. The summed E-state index contributed by atoms with van der Waals surface area (Å²) in [6, 6.07) is 23.2. The van der Waals surface area contributed by atoms with E-state index in [-0.39, 0.29) is 12.1 Å². The third-order valence-corrected chi connectivity index (χ3v) is 6.87. The van der Waals surface area contributed by atoms with E-state index in [0.717, 1.165) is 28.5 Å². The molecule has 0 bridgehead atoms. The molecule has 2 atom stereocenters. The van der Waals surface area contributed by atoms with Gasteiger partial charge in [-0.2, -0.15) is 0 Å². The minimum atomic E-state index is -0.223. The number of nitrogens with zero attached hydrogens (tertiary/aromatic N) is 3. The topological polar surface area (TPSA) is 60.8 Å². The third kappa shape index (κ3) is 5.00. The van der Waals surface area contributed by atoms with E-state index in [1.807, 2.05) is 72.9 Å². The largest absolute Gasteiger partial charge is 0.495 e. The zero-order chi connectivity index (χ0) is 25.8. The number of nitrogens with one attached hydrogen (secondary N) is 1. The number of methoxy groups -OCH3 is 2. The lowest BCUT2D eigenvalue weighted by Crippen LogP contribution is -2.30. The molecule has 0 amide bonds. The van der Waals surface area contributed by atoms with E-state index in [2.05, 4.69) is 25.8 Å². The Hall–Kier alpha value is -3.59. The van der Waals surface area contributed by atoms with Gasteiger partial charge in [-0.1, -0.05) is 29.8 Å². The number of anilines is 1. The molecule has 1 N–H and O–H groups in total. The number of benzene rings is 2. The van der Waals surface area contributed by atoms with Gasteiger partial charge in [-0.15, -0.1) is 0 Å². The highest BCUT2D eigenvalue weighted by molar-refractivity contribution is 7.80. The molecule has 7 nitrogen and oxygen atoms in total. The predicted molar refractivity (Wildman–Crippen MR) is 149 cm³/mol. The molecular formula is C28H27ClN4O3S. The summed E-state index contributed by atoms with van der Waals surface area (Å²) >= 11 is 12.5. The monoisotopic (exact) mass is 534 g/mol. The van der Waals surface area contributed by atoms with Crippen LogP contribution in [0.15, 0.2) is 85.2 Å². The van der Waals surface area contributed by atoms with E-state index in [1.165, 1.54) is 0 Å². The number of para-hydroxylation sites is 2. The zero-order valence-electron chi connectivity index (χ0n) is 20.5. The van der Waals surface area contributed by atoms with Crippen LogP contribution in [0.4, 0.5) is 5.69 Å². The number of pyridine rings is 1. The van der Waals surface area contributed by atoms with Gasteiger partial charge < -0.3 is 29.0 Å². The van der Waals surface area contributed by atoms with Crippen molar-refractivity contribution < 1.29 is 14.2 Å². The summed E-state index contributed by atoms with van der Waals surface area (Å²) in [5.74, 6) is 1.37. The smallest absolute Gasteiger partial charge is 0.174 e. The van der Waals surface area contributed by atoms with Gasteiger partial charge in [0.1, 0.15) is 24.1 Å². The second kappa shape index (κ2) is 11.2. The van der Waals surface area contributed by atoms with Crippen molar-refractivity contribution in [3.8, 4) is 17.2 Å². The fourth-order valence-electron chi connectivity index (χ4n) is 4.61. The first-order chi connectivity index (χ1) is 18.1. The lowest BCUT2D eigenvalue weighted by atomic mass is 10.0. The van der Waals surface area contributed by atoms with Crippen LogP contribution in [-0.4, -0.2) is 42.1 Å². The predicted octanol–water partition coefficient (Wildman–Crippen LogP) is 5.74. The van der Waals surface area contributed by atoms with E-state index < -0.39 is 0 Å². The first kappa shape index (κ1) is 25.1. The summed E-state index contributed by atoms with van der Waals surface area (Å²) in [6.45, 7) is 0.891. The number of thiocarbonyl (C=S) groups is 1. The fraction of sp³-hybridized carbons (Fsp3) is 0.214. The summed E-state index contributed by atoms with van der Waals surface area (Å²) in [6.07, 6.45) is 3.82. The Morgan fingerprint density at radius 3 is 2.57 bits per heavy atom. The molecule has 37 heavy (non-hydrogen) atoms. The standard InChI is InChI=1S/C28H27ClN4O3S/c1-34-16-17-36-24-13-12-19(18-20(24)29)33-27(26(31-28(33)37)21-8-5-6-14-30-21)23-10-7-15-32(23)22-9-3-4-11-25(22)35-2/h3-15,18,26-27H,16-17H2,1-2H3,(H,31,37). The first-order valence-electron chi connectivity index (χ1n) is 11.8. The van der Waals surface area contributed by atoms with Crippen molar-refractivity contribution in [2.45, 2.75) is 12.1 Å². The van der Waals surface area contributed by atoms with Crippen LogP contribution in [0.3, 0.4) is 0 Å². The first-order valence-corrected chi connectivity index (χ1v) is 12.6. The van der Waals surface area contributed by atoms with Gasteiger partial charge in [-0.05, 0) is 66.8 Å². The number of hydrogen-bond donors (Lipinski definition) is 1. The Bertz CT molecular complexity index is 1380. The molecule has 4 aromatic rings. The van der Waals surface area contributed by atoms with Crippen molar-refractivity contribution in [3.05, 3.63) is 102 Å². The molecule has 1 aliphatic rings. The van der Waals surface area contributed by atoms with Crippen LogP contribution in [0, 0.1) is 0 Å². The van der Waals surface area contributed by atoms with Gasteiger partial charge in [0.15, 0.2) is 5.11 Å². The van der Waals surface area contributed by atoms with Crippen LogP contribution in [-0.2, 0) is 4.74 Å². The molecule has 2 aromatic carbocycles. The zero-order valence-corrected chi connectivity index (χ0v) is 22.1. The summed E-state index contributed by atoms with van der Waals surface area (Å²) in [7, 11) is 3.31. The molecule has 0 radical (unpaired) electrons. The summed E-state index contributed by atoms with van der Waals surface area (Å²) < 4.78 is 18.6. The van der Waals surface area contributed by atoms with Crippen molar-refractivity contribution in [2.75, 3.05) is 32.3 Å². The van der Waals surface area contributed by atoms with Gasteiger partial charge in [-0.25, -0.2) is 0 Å². The van der Waals surface area contributed by atoms with Crippen LogP contribution in [0.25, 0.3) is 5.69 Å². The Balaban J connectivity index is 1.60. The second-order valence-electron chi connectivity index (χ2n) is 8.43. The number of aromatic nitrogens is 2. The van der Waals surface area contributed by atoms with Crippen LogP contribution < -0.4 is 19.7 Å². The molecule has 2 unspecified atom stereocenters. The molecule has 2 aromatic heterocycles. The summed E-state index contributed by atoms with van der Waals surface area (Å²) in [5, 5.41) is 4.58. The normalized spacial score (nSPS) is 17.1. The molecule has 0 spiro atoms. The number of halogens is 1. The Labute approximate surface area is 226 Å². The van der Waals surface area contributed by atoms with Crippen molar-refractivity contribution in [1.29, 1.82) is 0 Å². The van der Waals surface area contributed by atoms with Gasteiger partial charge in [0, 0.05) is 30.9 Å². The van der Waals surface area contributed by atoms with Crippen LogP contribution in [0.2, 0.25) is 5.02 Å². The Morgan fingerprint density at radius 2 is 1.81 bits per heavy atom. The van der Waals surface area contributed by atoms with Crippen molar-refractivity contribution >= 4 is 34.6 Å². The van der Waals surface area contributed by atoms with Crippen LogP contribution in [0.5, 0.6) is 11.5 Å².